The number of carboxylic acid groups (broad SMARTS) is 1. The minimum absolute atomic E-state index is 0.649. The van der Waals surface area contributed by atoms with Crippen LogP contribution < -0.4 is 0 Å². The smallest absolute Gasteiger partial charge is 0.329 e. The number of benzene rings is 1. The number of aromatic nitrogens is 2. The molecule has 23 heavy (non-hydrogen) atoms. The summed E-state index contributed by atoms with van der Waals surface area (Å²) in [5, 5.41) is 9.71. The number of carboxylic acids is 1. The Hall–Kier alpha value is -1.88. The number of fused-ring (bicyclic) bond motifs is 1. The fourth-order valence-electron chi connectivity index (χ4n) is 2.86. The van der Waals surface area contributed by atoms with Gasteiger partial charge in [0.2, 0.25) is 0 Å². The zero-order chi connectivity index (χ0) is 17.4. The minimum atomic E-state index is -1.04. The Morgan fingerprint density at radius 3 is 2.30 bits per heavy atom. The van der Waals surface area contributed by atoms with Crippen molar-refractivity contribution in [3.05, 3.63) is 29.1 Å². The lowest BCUT2D eigenvalue weighted by Crippen LogP contribution is -2.38. The van der Waals surface area contributed by atoms with Crippen LogP contribution >= 0.6 is 0 Å². The third kappa shape index (κ3) is 3.11. The third-order valence-corrected chi connectivity index (χ3v) is 4.68. The highest BCUT2D eigenvalue weighted by Gasteiger charge is 2.33. The molecule has 0 radical (unpaired) electrons. The molecule has 0 aliphatic carbocycles. The third-order valence-electron chi connectivity index (χ3n) is 4.68. The molecule has 1 aromatic heterocycles. The Balaban J connectivity index is 2.72. The Morgan fingerprint density at radius 2 is 1.78 bits per heavy atom. The second-order valence-corrected chi connectivity index (χ2v) is 6.61. The molecular weight excluding hydrogens is 290 g/mol. The van der Waals surface area contributed by atoms with Crippen LogP contribution in [-0.2, 0) is 16.9 Å². The number of imidazole rings is 1. The molecule has 1 heterocycles. The van der Waals surface area contributed by atoms with E-state index in [0.717, 1.165) is 35.5 Å². The summed E-state index contributed by atoms with van der Waals surface area (Å²) in [4.78, 5) is 18.8. The summed E-state index contributed by atoms with van der Waals surface area (Å²) in [5.41, 5.74) is 3.03. The first-order valence-corrected chi connectivity index (χ1v) is 8.17. The molecule has 0 aliphatic rings. The highest BCUT2D eigenvalue weighted by molar-refractivity contribution is 5.83. The van der Waals surface area contributed by atoms with Gasteiger partial charge in [-0.3, -0.25) is 4.90 Å². The topological polar surface area (TPSA) is 58.4 Å². The van der Waals surface area contributed by atoms with Gasteiger partial charge in [0, 0.05) is 0 Å². The van der Waals surface area contributed by atoms with Gasteiger partial charge in [0.1, 0.15) is 11.4 Å². The fraction of sp³-hybridized carbons (Fsp3) is 0.556. The summed E-state index contributed by atoms with van der Waals surface area (Å²) in [6, 6.07) is 4.10. The van der Waals surface area contributed by atoms with Gasteiger partial charge in [-0.05, 0) is 64.0 Å². The Morgan fingerprint density at radius 1 is 1.22 bits per heavy atom. The summed E-state index contributed by atoms with van der Waals surface area (Å²) in [5.74, 6) is -0.0445. The quantitative estimate of drug-likeness (QED) is 0.888. The number of carbonyl (C=O) groups is 1. The maximum atomic E-state index is 11.8. The van der Waals surface area contributed by atoms with E-state index in [9.17, 15) is 9.90 Å². The SMILES string of the molecule is CCN(CC)Cc1nc2cc(C)c(C)cc2n1C(C)(C)C(=O)O. The highest BCUT2D eigenvalue weighted by atomic mass is 16.4. The number of rotatable bonds is 6. The molecule has 5 heteroatoms. The van der Waals surface area contributed by atoms with Crippen LogP contribution in [0.25, 0.3) is 11.0 Å². The molecule has 0 bridgehead atoms. The average Bonchev–Trinajstić information content (AvgIpc) is 2.82. The van der Waals surface area contributed by atoms with E-state index in [0.29, 0.717) is 6.54 Å². The van der Waals surface area contributed by atoms with Gasteiger partial charge < -0.3 is 9.67 Å². The first kappa shape index (κ1) is 17.5. The van der Waals surface area contributed by atoms with E-state index < -0.39 is 11.5 Å². The zero-order valence-corrected chi connectivity index (χ0v) is 15.0. The van der Waals surface area contributed by atoms with E-state index in [4.69, 9.17) is 4.98 Å². The van der Waals surface area contributed by atoms with Crippen LogP contribution in [0.3, 0.4) is 0 Å². The van der Waals surface area contributed by atoms with Gasteiger partial charge in [0.15, 0.2) is 0 Å². The van der Waals surface area contributed by atoms with Crippen LogP contribution in [0.4, 0.5) is 0 Å². The second-order valence-electron chi connectivity index (χ2n) is 6.61. The van der Waals surface area contributed by atoms with E-state index in [1.165, 1.54) is 5.56 Å². The van der Waals surface area contributed by atoms with Crippen LogP contribution in [0, 0.1) is 13.8 Å². The van der Waals surface area contributed by atoms with Crippen molar-refractivity contribution in [2.75, 3.05) is 13.1 Å². The number of aryl methyl sites for hydroxylation is 2. The van der Waals surface area contributed by atoms with Crippen molar-refractivity contribution < 1.29 is 9.90 Å². The van der Waals surface area contributed by atoms with Gasteiger partial charge in [0.25, 0.3) is 0 Å². The molecule has 0 fully saturated rings. The first-order valence-electron chi connectivity index (χ1n) is 8.17. The molecule has 0 amide bonds. The normalized spacial score (nSPS) is 12.3. The molecule has 1 N–H and O–H groups in total. The van der Waals surface area contributed by atoms with Crippen molar-refractivity contribution in [3.63, 3.8) is 0 Å². The average molecular weight is 317 g/mol. The van der Waals surface area contributed by atoms with Crippen LogP contribution in [0.5, 0.6) is 0 Å². The maximum absolute atomic E-state index is 11.8. The fourth-order valence-corrected chi connectivity index (χ4v) is 2.86. The lowest BCUT2D eigenvalue weighted by atomic mass is 10.0. The molecule has 0 unspecified atom stereocenters. The largest absolute Gasteiger partial charge is 0.480 e. The molecular formula is C18H27N3O2. The summed E-state index contributed by atoms with van der Waals surface area (Å²) < 4.78 is 1.88. The lowest BCUT2D eigenvalue weighted by Gasteiger charge is -2.27. The summed E-state index contributed by atoms with van der Waals surface area (Å²) in [6.45, 7) is 14.2. The first-order chi connectivity index (χ1) is 10.7. The van der Waals surface area contributed by atoms with Crippen molar-refractivity contribution in [2.45, 2.75) is 53.6 Å². The Labute approximate surface area is 137 Å². The number of hydrogen-bond acceptors (Lipinski definition) is 3. The van der Waals surface area contributed by atoms with Crippen molar-refractivity contribution in [3.8, 4) is 0 Å². The van der Waals surface area contributed by atoms with Crippen LogP contribution in [0.15, 0.2) is 12.1 Å². The molecule has 1 aromatic carbocycles. The molecule has 0 aliphatic heterocycles. The molecule has 5 nitrogen and oxygen atoms in total. The number of aliphatic carboxylic acids is 1. The van der Waals surface area contributed by atoms with Crippen molar-refractivity contribution in [1.29, 1.82) is 0 Å². The Kier molecular flexibility index (Phi) is 4.80. The van der Waals surface area contributed by atoms with Gasteiger partial charge in [-0.1, -0.05) is 13.8 Å². The molecule has 0 saturated carbocycles. The number of nitrogens with zero attached hydrogens (tertiary/aromatic N) is 3. The predicted octanol–water partition coefficient (Wildman–Crippen LogP) is 3.31. The van der Waals surface area contributed by atoms with Crippen molar-refractivity contribution >= 4 is 17.0 Å². The second kappa shape index (κ2) is 6.32. The summed E-state index contributed by atoms with van der Waals surface area (Å²) >= 11 is 0. The molecule has 0 spiro atoms. The molecule has 0 saturated heterocycles. The van der Waals surface area contributed by atoms with Crippen LogP contribution in [-0.4, -0.2) is 38.6 Å². The lowest BCUT2D eigenvalue weighted by molar-refractivity contribution is -0.145. The molecule has 0 atom stereocenters. The van der Waals surface area contributed by atoms with Crippen molar-refractivity contribution in [2.24, 2.45) is 0 Å². The predicted molar refractivity (Wildman–Crippen MR) is 92.8 cm³/mol. The van der Waals surface area contributed by atoms with Crippen LogP contribution in [0.2, 0.25) is 0 Å². The van der Waals surface area contributed by atoms with E-state index in [2.05, 4.69) is 25.7 Å². The summed E-state index contributed by atoms with van der Waals surface area (Å²) in [7, 11) is 0. The van der Waals surface area contributed by atoms with E-state index >= 15 is 0 Å². The number of hydrogen-bond donors (Lipinski definition) is 1. The molecule has 2 aromatic rings. The monoisotopic (exact) mass is 317 g/mol. The van der Waals surface area contributed by atoms with Crippen LogP contribution in [0.1, 0.15) is 44.6 Å². The van der Waals surface area contributed by atoms with Gasteiger partial charge in [-0.15, -0.1) is 0 Å². The standard InChI is InChI=1S/C18H27N3O2/c1-7-20(8-2)11-16-19-14-9-12(3)13(4)10-15(14)21(16)18(5,6)17(22)23/h9-10H,7-8,11H2,1-6H3,(H,22,23). The van der Waals surface area contributed by atoms with Gasteiger partial charge in [0.05, 0.1) is 17.6 Å². The maximum Gasteiger partial charge on any atom is 0.329 e. The summed E-state index contributed by atoms with van der Waals surface area (Å²) in [6.07, 6.45) is 0. The van der Waals surface area contributed by atoms with Gasteiger partial charge in [-0.2, -0.15) is 0 Å². The highest BCUT2D eigenvalue weighted by Crippen LogP contribution is 2.28. The van der Waals surface area contributed by atoms with E-state index in [1.54, 1.807) is 13.8 Å². The molecule has 126 valence electrons. The van der Waals surface area contributed by atoms with E-state index in [1.807, 2.05) is 23.6 Å². The van der Waals surface area contributed by atoms with Crippen molar-refractivity contribution in [1.82, 2.24) is 14.5 Å². The minimum Gasteiger partial charge on any atom is -0.480 e. The van der Waals surface area contributed by atoms with E-state index in [-0.39, 0.29) is 0 Å². The molecule has 2 rings (SSSR count). The zero-order valence-electron chi connectivity index (χ0n) is 15.0. The van der Waals surface area contributed by atoms with Gasteiger partial charge in [-0.25, -0.2) is 9.78 Å². The Bertz CT molecular complexity index is 727. The van der Waals surface area contributed by atoms with Gasteiger partial charge >= 0.3 is 5.97 Å².